The first-order valence-electron chi connectivity index (χ1n) is 7.13. The fraction of sp³-hybridized carbons (Fsp3) is 0.235. The van der Waals surface area contributed by atoms with Crippen LogP contribution in [0.5, 0.6) is 0 Å². The van der Waals surface area contributed by atoms with Crippen LogP contribution in [0.15, 0.2) is 60.7 Å². The first-order chi connectivity index (χ1) is 10.3. The monoisotopic (exact) mass is 281 g/mol. The van der Waals surface area contributed by atoms with Crippen molar-refractivity contribution in [3.63, 3.8) is 0 Å². The molecule has 0 saturated carbocycles. The Hall–Kier alpha value is -2.33. The number of carbonyl (C=O) groups excluding carboxylic acids is 1. The van der Waals surface area contributed by atoms with E-state index in [-0.39, 0.29) is 12.2 Å². The number of nitrogens with one attached hydrogen (secondary N) is 1. The number of nitrogens with zero attached hydrogens (tertiary/aromatic N) is 2. The maximum Gasteiger partial charge on any atom is 0.323 e. The van der Waals surface area contributed by atoms with Crippen LogP contribution in [0.2, 0.25) is 0 Å². The van der Waals surface area contributed by atoms with Gasteiger partial charge in [-0.2, -0.15) is 0 Å². The van der Waals surface area contributed by atoms with Gasteiger partial charge in [-0.1, -0.05) is 48.5 Å². The van der Waals surface area contributed by atoms with Crippen molar-refractivity contribution in [1.82, 2.24) is 9.80 Å². The Morgan fingerprint density at radius 1 is 1.00 bits per heavy atom. The van der Waals surface area contributed by atoms with Gasteiger partial charge in [-0.15, -0.1) is 0 Å². The number of hydrogen-bond acceptors (Lipinski definition) is 2. The Morgan fingerprint density at radius 3 is 2.29 bits per heavy atom. The van der Waals surface area contributed by atoms with Crippen LogP contribution in [0.4, 0.5) is 10.5 Å². The normalized spacial score (nSPS) is 18.7. The van der Waals surface area contributed by atoms with Crippen LogP contribution >= 0.6 is 0 Å². The van der Waals surface area contributed by atoms with Gasteiger partial charge in [0.05, 0.1) is 0 Å². The highest BCUT2D eigenvalue weighted by atomic mass is 16.2. The minimum atomic E-state index is -0.0561. The van der Waals surface area contributed by atoms with Crippen LogP contribution in [0.3, 0.4) is 0 Å². The SMILES string of the molecule is CN1CCN(C(=O)Nc2ccccc2)C1c1ccccc1. The summed E-state index contributed by atoms with van der Waals surface area (Å²) in [5.74, 6) is 0. The number of benzene rings is 2. The molecule has 1 N–H and O–H groups in total. The predicted octanol–water partition coefficient (Wildman–Crippen LogP) is 3.16. The standard InChI is InChI=1S/C17H19N3O/c1-19-12-13-20(16(19)14-8-4-2-5-9-14)17(21)18-15-10-6-3-7-11-15/h2-11,16H,12-13H2,1H3,(H,18,21). The molecule has 1 fully saturated rings. The molecule has 3 rings (SSSR count). The molecule has 0 aliphatic carbocycles. The zero-order valence-corrected chi connectivity index (χ0v) is 12.1. The quantitative estimate of drug-likeness (QED) is 0.917. The summed E-state index contributed by atoms with van der Waals surface area (Å²) in [4.78, 5) is 16.6. The Labute approximate surface area is 125 Å². The third kappa shape index (κ3) is 2.90. The van der Waals surface area contributed by atoms with Crippen LogP contribution in [-0.2, 0) is 0 Å². The molecule has 1 atom stereocenters. The van der Waals surface area contributed by atoms with E-state index in [1.807, 2.05) is 60.5 Å². The highest BCUT2D eigenvalue weighted by Gasteiger charge is 2.33. The zero-order chi connectivity index (χ0) is 14.7. The smallest absolute Gasteiger partial charge is 0.308 e. The summed E-state index contributed by atoms with van der Waals surface area (Å²) < 4.78 is 0. The van der Waals surface area contributed by atoms with Gasteiger partial charge in [0, 0.05) is 18.8 Å². The van der Waals surface area contributed by atoms with Crippen LogP contribution < -0.4 is 5.32 Å². The third-order valence-corrected chi connectivity index (χ3v) is 3.79. The largest absolute Gasteiger partial charge is 0.323 e. The first-order valence-corrected chi connectivity index (χ1v) is 7.13. The predicted molar refractivity (Wildman–Crippen MR) is 84.0 cm³/mol. The first kappa shape index (κ1) is 13.6. The topological polar surface area (TPSA) is 35.6 Å². The number of anilines is 1. The molecule has 1 aliphatic rings. The molecule has 2 amide bonds. The summed E-state index contributed by atoms with van der Waals surface area (Å²) >= 11 is 0. The molecule has 0 spiro atoms. The molecule has 0 aromatic heterocycles. The van der Waals surface area contributed by atoms with Crippen molar-refractivity contribution in [1.29, 1.82) is 0 Å². The van der Waals surface area contributed by atoms with Crippen molar-refractivity contribution < 1.29 is 4.79 Å². The van der Waals surface area contributed by atoms with Gasteiger partial charge in [0.15, 0.2) is 0 Å². The summed E-state index contributed by atoms with van der Waals surface area (Å²) in [5.41, 5.74) is 1.96. The number of rotatable bonds is 2. The van der Waals surface area contributed by atoms with Crippen molar-refractivity contribution in [2.75, 3.05) is 25.5 Å². The third-order valence-electron chi connectivity index (χ3n) is 3.79. The van der Waals surface area contributed by atoms with Crippen LogP contribution in [0, 0.1) is 0 Å². The van der Waals surface area contributed by atoms with Gasteiger partial charge < -0.3 is 10.2 Å². The average molecular weight is 281 g/mol. The van der Waals surface area contributed by atoms with Crippen molar-refractivity contribution >= 4 is 11.7 Å². The number of urea groups is 1. The maximum absolute atomic E-state index is 12.5. The van der Waals surface area contributed by atoms with Crippen molar-refractivity contribution in [2.45, 2.75) is 6.17 Å². The highest BCUT2D eigenvalue weighted by molar-refractivity contribution is 5.89. The van der Waals surface area contributed by atoms with Gasteiger partial charge in [-0.3, -0.25) is 4.90 Å². The number of para-hydroxylation sites is 1. The Bertz CT molecular complexity index is 600. The molecule has 0 bridgehead atoms. The van der Waals surface area contributed by atoms with Gasteiger partial charge >= 0.3 is 6.03 Å². The Kier molecular flexibility index (Phi) is 3.88. The lowest BCUT2D eigenvalue weighted by Gasteiger charge is -2.28. The van der Waals surface area contributed by atoms with E-state index in [1.165, 1.54) is 0 Å². The summed E-state index contributed by atoms with van der Waals surface area (Å²) in [6.07, 6.45) is -0.00471. The van der Waals surface area contributed by atoms with Crippen LogP contribution in [0.25, 0.3) is 0 Å². The summed E-state index contributed by atoms with van der Waals surface area (Å²) in [5, 5.41) is 2.96. The van der Waals surface area contributed by atoms with Crippen molar-refractivity contribution in [2.24, 2.45) is 0 Å². The second-order valence-electron chi connectivity index (χ2n) is 5.25. The summed E-state index contributed by atoms with van der Waals surface area (Å²) in [7, 11) is 2.05. The van der Waals surface area contributed by atoms with Gasteiger partial charge in [0.2, 0.25) is 0 Å². The highest BCUT2D eigenvalue weighted by Crippen LogP contribution is 2.28. The molecule has 4 heteroatoms. The minimum absolute atomic E-state index is 0.00471. The molecule has 4 nitrogen and oxygen atoms in total. The lowest BCUT2D eigenvalue weighted by Crippen LogP contribution is -2.37. The van der Waals surface area contributed by atoms with E-state index < -0.39 is 0 Å². The summed E-state index contributed by atoms with van der Waals surface area (Å²) in [6, 6.07) is 19.7. The lowest BCUT2D eigenvalue weighted by atomic mass is 10.1. The maximum atomic E-state index is 12.5. The molecule has 1 saturated heterocycles. The number of likely N-dealkylation sites (N-methyl/N-ethyl adjacent to an activating group) is 1. The van der Waals surface area contributed by atoms with Crippen molar-refractivity contribution in [3.05, 3.63) is 66.2 Å². The van der Waals surface area contributed by atoms with Gasteiger partial charge in [-0.25, -0.2) is 4.79 Å². The Morgan fingerprint density at radius 2 is 1.62 bits per heavy atom. The average Bonchev–Trinajstić information content (AvgIpc) is 2.91. The molecule has 2 aromatic rings. The number of carbonyl (C=O) groups is 1. The van der Waals surface area contributed by atoms with E-state index in [4.69, 9.17) is 0 Å². The molecule has 2 aromatic carbocycles. The number of amides is 2. The molecular formula is C17H19N3O. The lowest BCUT2D eigenvalue weighted by molar-refractivity contribution is 0.169. The molecular weight excluding hydrogens is 262 g/mol. The van der Waals surface area contributed by atoms with E-state index in [1.54, 1.807) is 0 Å². The van der Waals surface area contributed by atoms with Gasteiger partial charge in [0.25, 0.3) is 0 Å². The van der Waals surface area contributed by atoms with E-state index in [2.05, 4.69) is 22.3 Å². The summed E-state index contributed by atoms with van der Waals surface area (Å²) in [6.45, 7) is 1.61. The molecule has 0 radical (unpaired) electrons. The fourth-order valence-electron chi connectivity index (χ4n) is 2.74. The van der Waals surface area contributed by atoms with Crippen LogP contribution in [0.1, 0.15) is 11.7 Å². The second kappa shape index (κ2) is 5.97. The fourth-order valence-corrected chi connectivity index (χ4v) is 2.74. The Balaban J connectivity index is 1.79. The van der Waals surface area contributed by atoms with E-state index in [9.17, 15) is 4.79 Å². The van der Waals surface area contributed by atoms with E-state index in [0.717, 1.165) is 24.3 Å². The molecule has 21 heavy (non-hydrogen) atoms. The minimum Gasteiger partial charge on any atom is -0.308 e. The molecule has 1 unspecified atom stereocenters. The van der Waals surface area contributed by atoms with E-state index in [0.29, 0.717) is 0 Å². The van der Waals surface area contributed by atoms with E-state index >= 15 is 0 Å². The molecule has 108 valence electrons. The molecule has 1 aliphatic heterocycles. The number of hydrogen-bond donors (Lipinski definition) is 1. The molecule has 1 heterocycles. The second-order valence-corrected chi connectivity index (χ2v) is 5.25. The van der Waals surface area contributed by atoms with Crippen molar-refractivity contribution in [3.8, 4) is 0 Å². The van der Waals surface area contributed by atoms with Gasteiger partial charge in [-0.05, 0) is 24.7 Å². The van der Waals surface area contributed by atoms with Gasteiger partial charge in [0.1, 0.15) is 6.17 Å². The zero-order valence-electron chi connectivity index (χ0n) is 12.1. The van der Waals surface area contributed by atoms with Crippen LogP contribution in [-0.4, -0.2) is 36.0 Å².